The van der Waals surface area contributed by atoms with Crippen LogP contribution in [0.15, 0.2) is 10.5 Å². The summed E-state index contributed by atoms with van der Waals surface area (Å²) in [6.07, 6.45) is 0.105. The molecule has 4 N–H and O–H groups in total. The topological polar surface area (TPSA) is 181 Å². The Morgan fingerprint density at radius 2 is 2.24 bits per heavy atom. The Bertz CT molecular complexity index is 823. The van der Waals surface area contributed by atoms with Gasteiger partial charge in [-0.3, -0.25) is 14.1 Å². The van der Waals surface area contributed by atoms with Crippen molar-refractivity contribution in [1.29, 1.82) is 0 Å². The minimum atomic E-state index is -4.91. The summed E-state index contributed by atoms with van der Waals surface area (Å²) in [5, 5.41) is 7.18. The number of thiazole rings is 1. The molecule has 1 saturated heterocycles. The van der Waals surface area contributed by atoms with E-state index in [2.05, 4.69) is 20.3 Å². The second-order valence-electron chi connectivity index (χ2n) is 4.38. The van der Waals surface area contributed by atoms with Gasteiger partial charge in [0.2, 0.25) is 0 Å². The van der Waals surface area contributed by atoms with E-state index < -0.39 is 34.2 Å². The fraction of sp³-hybridized carbons (Fsp3) is 0.300. The van der Waals surface area contributed by atoms with Crippen LogP contribution in [0, 0.1) is 0 Å². The molecular formula is C10H12N5NaO7S2. The summed E-state index contributed by atoms with van der Waals surface area (Å²) in [4.78, 5) is 43.3. The number of carbonyl (C=O) groups is 3. The Hall–Kier alpha value is -1.58. The summed E-state index contributed by atoms with van der Waals surface area (Å²) < 4.78 is 30.8. The molecule has 0 aromatic carbocycles. The zero-order valence-electron chi connectivity index (χ0n) is 11.9. The number of carbonyl (C=O) groups excluding carboxylic acids is 3. The number of rotatable bonds is 6. The van der Waals surface area contributed by atoms with E-state index in [9.17, 15) is 22.8 Å². The Morgan fingerprint density at radius 3 is 2.68 bits per heavy atom. The number of nitrogen functional groups attached to an aromatic ring is 1. The van der Waals surface area contributed by atoms with Gasteiger partial charge in [0.15, 0.2) is 10.8 Å². The third kappa shape index (κ3) is 4.34. The van der Waals surface area contributed by atoms with Crippen molar-refractivity contribution < 1.29 is 32.2 Å². The van der Waals surface area contributed by atoms with E-state index in [4.69, 9.17) is 10.3 Å². The van der Waals surface area contributed by atoms with Crippen LogP contribution in [0.3, 0.4) is 0 Å². The van der Waals surface area contributed by atoms with Crippen molar-refractivity contribution in [1.82, 2.24) is 14.6 Å². The maximum absolute atomic E-state index is 12.2. The molecule has 0 bridgehead atoms. The maximum atomic E-state index is 12.2. The van der Waals surface area contributed by atoms with Crippen molar-refractivity contribution in [3.05, 3.63) is 11.1 Å². The zero-order chi connectivity index (χ0) is 18.1. The quantitative estimate of drug-likeness (QED) is 0.113. The molecule has 1 aliphatic rings. The van der Waals surface area contributed by atoms with Crippen molar-refractivity contribution in [2.75, 3.05) is 12.8 Å². The van der Waals surface area contributed by atoms with Crippen molar-refractivity contribution in [2.24, 2.45) is 5.16 Å². The monoisotopic (exact) mass is 401 g/mol. The average molecular weight is 401 g/mol. The Kier molecular flexibility index (Phi) is 7.04. The summed E-state index contributed by atoms with van der Waals surface area (Å²) in [5.74, 6) is -2.11. The first-order chi connectivity index (χ1) is 11.2. The van der Waals surface area contributed by atoms with Gasteiger partial charge in [0.25, 0.3) is 11.8 Å². The average Bonchev–Trinajstić information content (AvgIpc) is 2.91. The Morgan fingerprint density at radius 1 is 1.60 bits per heavy atom. The fourth-order valence-corrected chi connectivity index (χ4v) is 3.30. The number of hydrogen-bond acceptors (Lipinski definition) is 10. The second-order valence-corrected chi connectivity index (χ2v) is 6.56. The molecule has 15 heteroatoms. The molecule has 2 atom stereocenters. The third-order valence-corrected chi connectivity index (χ3v) is 4.53. The molecule has 0 saturated carbocycles. The summed E-state index contributed by atoms with van der Waals surface area (Å²) in [5.41, 5.74) is 5.20. The van der Waals surface area contributed by atoms with E-state index in [-0.39, 0.29) is 56.7 Å². The van der Waals surface area contributed by atoms with Crippen molar-refractivity contribution in [2.45, 2.75) is 12.1 Å². The number of aldehydes is 1. The van der Waals surface area contributed by atoms with Gasteiger partial charge in [0.1, 0.15) is 31.2 Å². The van der Waals surface area contributed by atoms with E-state index in [1.54, 1.807) is 0 Å². The van der Waals surface area contributed by atoms with Gasteiger partial charge in [-0.2, -0.15) is 8.42 Å². The van der Waals surface area contributed by atoms with Gasteiger partial charge < -0.3 is 20.7 Å². The van der Waals surface area contributed by atoms with Crippen LogP contribution in [0.2, 0.25) is 0 Å². The summed E-state index contributed by atoms with van der Waals surface area (Å²) in [6, 6.07) is -3.05. The van der Waals surface area contributed by atoms with Gasteiger partial charge in [-0.15, -0.1) is 11.3 Å². The van der Waals surface area contributed by atoms with Crippen molar-refractivity contribution in [3.8, 4) is 0 Å². The van der Waals surface area contributed by atoms with Gasteiger partial charge in [0, 0.05) is 5.38 Å². The van der Waals surface area contributed by atoms with Gasteiger partial charge in [0.05, 0.1) is 0 Å². The van der Waals surface area contributed by atoms with Crippen LogP contribution in [-0.4, -0.2) is 94.8 Å². The number of nitrogens with one attached hydrogen (secondary N) is 1. The van der Waals surface area contributed by atoms with E-state index in [1.165, 1.54) is 12.5 Å². The first kappa shape index (κ1) is 21.5. The molecule has 25 heavy (non-hydrogen) atoms. The van der Waals surface area contributed by atoms with Crippen LogP contribution >= 0.6 is 11.3 Å². The van der Waals surface area contributed by atoms with E-state index >= 15 is 0 Å². The molecule has 1 fully saturated rings. The first-order valence-electron chi connectivity index (χ1n) is 6.10. The predicted molar refractivity (Wildman–Crippen MR) is 87.4 cm³/mol. The second kappa shape index (κ2) is 8.20. The summed E-state index contributed by atoms with van der Waals surface area (Å²) >= 11 is 1.03. The van der Waals surface area contributed by atoms with Crippen LogP contribution in [0.5, 0.6) is 0 Å². The number of aromatic nitrogens is 1. The van der Waals surface area contributed by atoms with Gasteiger partial charge >= 0.3 is 39.9 Å². The van der Waals surface area contributed by atoms with Crippen LogP contribution < -0.4 is 11.1 Å². The van der Waals surface area contributed by atoms with E-state index in [1.807, 2.05) is 0 Å². The van der Waals surface area contributed by atoms with E-state index in [0.717, 1.165) is 11.3 Å². The van der Waals surface area contributed by atoms with E-state index in [0.29, 0.717) is 0 Å². The molecule has 0 aliphatic carbocycles. The number of nitrogens with two attached hydrogens (primary N) is 1. The molecular weight excluding hydrogens is 389 g/mol. The normalized spacial score (nSPS) is 20.3. The summed E-state index contributed by atoms with van der Waals surface area (Å²) in [7, 11) is -3.73. The number of β-lactam (4-membered cyclic amide) rings is 1. The van der Waals surface area contributed by atoms with Crippen LogP contribution in [-0.2, 0) is 29.5 Å². The molecule has 132 valence electrons. The summed E-state index contributed by atoms with van der Waals surface area (Å²) in [6.45, 7) is 0. The number of oxime groups is 1. The van der Waals surface area contributed by atoms with Crippen LogP contribution in [0.4, 0.5) is 5.13 Å². The van der Waals surface area contributed by atoms with Crippen molar-refractivity contribution >= 4 is 80.1 Å². The molecule has 2 amide bonds. The van der Waals surface area contributed by atoms with Gasteiger partial charge in [-0.05, 0) is 0 Å². The molecule has 1 aromatic rings. The standard InChI is InChI=1S/C10H11N5O7S2.Na.H/c1-22-14-6(4-3-23-10(11)12-4)8(17)13-7-5(2-16)15(9(7)18)24(19,20)21;;/h2-3,5,7H,1H3,(H2,11,12)(H,13,17)(H,19,20,21);;/b14-6-;;/t5-,7+;;/m1../s1. The third-order valence-electron chi connectivity index (χ3n) is 2.93. The molecule has 1 aromatic heterocycles. The molecule has 1 aliphatic heterocycles. The number of nitrogens with zero attached hydrogens (tertiary/aromatic N) is 3. The Balaban J connectivity index is 0.00000312. The van der Waals surface area contributed by atoms with Crippen LogP contribution in [0.25, 0.3) is 0 Å². The molecule has 12 nitrogen and oxygen atoms in total. The number of amides is 2. The SMILES string of the molecule is CO/N=C(\C(=O)N[C@@H]1C(=O)N(S(=O)(=O)O)[C@@H]1C=O)c1csc(N)n1.[NaH]. The molecule has 2 heterocycles. The van der Waals surface area contributed by atoms with Crippen molar-refractivity contribution in [3.63, 3.8) is 0 Å². The number of hydrogen-bond donors (Lipinski definition) is 3. The predicted octanol–water partition coefficient (Wildman–Crippen LogP) is -2.88. The molecule has 0 spiro atoms. The molecule has 0 unspecified atom stereocenters. The molecule has 0 radical (unpaired) electrons. The first-order valence-corrected chi connectivity index (χ1v) is 8.37. The Labute approximate surface area is 167 Å². The van der Waals surface area contributed by atoms with Crippen LogP contribution in [0.1, 0.15) is 5.69 Å². The van der Waals surface area contributed by atoms with Gasteiger partial charge in [-0.1, -0.05) is 5.16 Å². The number of anilines is 1. The van der Waals surface area contributed by atoms with Gasteiger partial charge in [-0.25, -0.2) is 9.29 Å². The molecule has 2 rings (SSSR count). The zero-order valence-corrected chi connectivity index (χ0v) is 13.6. The fourth-order valence-electron chi connectivity index (χ4n) is 1.93. The minimum absolute atomic E-state index is 0.